The van der Waals surface area contributed by atoms with Gasteiger partial charge in [-0.15, -0.1) is 0 Å². The average molecular weight is 262 g/mol. The Morgan fingerprint density at radius 2 is 1.60 bits per heavy atom. The Balaban J connectivity index is 1.74. The van der Waals surface area contributed by atoms with E-state index in [-0.39, 0.29) is 0 Å². The molecule has 20 heavy (non-hydrogen) atoms. The summed E-state index contributed by atoms with van der Waals surface area (Å²) in [6.07, 6.45) is 5.51. The highest BCUT2D eigenvalue weighted by atomic mass is 15.0. The highest BCUT2D eigenvalue weighted by molar-refractivity contribution is 5.97. The Bertz CT molecular complexity index is 678. The Hall–Kier alpha value is -2.01. The zero-order valence-corrected chi connectivity index (χ0v) is 11.5. The summed E-state index contributed by atoms with van der Waals surface area (Å²) < 4.78 is 0. The Morgan fingerprint density at radius 1 is 0.950 bits per heavy atom. The minimum Gasteiger partial charge on any atom is -0.381 e. The molecule has 4 rings (SSSR count). The molecule has 0 aromatic heterocycles. The predicted octanol–water partition coefficient (Wildman–Crippen LogP) is 4.31. The molecule has 2 saturated carbocycles. The third kappa shape index (κ3) is 2.04. The molecule has 2 aromatic rings. The molecule has 2 aromatic carbocycles. The standard InChI is InChI=1S/C18H18N2/c19-11-14-9-10-17(16-4-2-1-3-15(14)16)20-18(12-5-6-12)13-7-8-13/h1-4,9-10,12-13,18,20H,5-8H2. The predicted molar refractivity (Wildman–Crippen MR) is 81.5 cm³/mol. The van der Waals surface area contributed by atoms with Crippen molar-refractivity contribution in [2.75, 3.05) is 5.32 Å². The van der Waals surface area contributed by atoms with Gasteiger partial charge in [-0.3, -0.25) is 0 Å². The number of nitrogens with zero attached hydrogens (tertiary/aromatic N) is 1. The van der Waals surface area contributed by atoms with Crippen molar-refractivity contribution in [2.24, 2.45) is 11.8 Å². The zero-order chi connectivity index (χ0) is 13.5. The second-order valence-electron chi connectivity index (χ2n) is 6.16. The van der Waals surface area contributed by atoms with E-state index in [2.05, 4.69) is 29.6 Å². The van der Waals surface area contributed by atoms with Gasteiger partial charge in [0.1, 0.15) is 0 Å². The van der Waals surface area contributed by atoms with Gasteiger partial charge in [-0.2, -0.15) is 5.26 Å². The number of anilines is 1. The van der Waals surface area contributed by atoms with Crippen LogP contribution in [-0.2, 0) is 0 Å². The van der Waals surface area contributed by atoms with E-state index in [9.17, 15) is 5.26 Å². The Kier molecular flexibility index (Phi) is 2.67. The van der Waals surface area contributed by atoms with Crippen LogP contribution in [-0.4, -0.2) is 6.04 Å². The van der Waals surface area contributed by atoms with Crippen LogP contribution in [0.2, 0.25) is 0 Å². The van der Waals surface area contributed by atoms with Gasteiger partial charge in [-0.25, -0.2) is 0 Å². The van der Waals surface area contributed by atoms with Crippen LogP contribution in [0.1, 0.15) is 31.2 Å². The topological polar surface area (TPSA) is 35.8 Å². The zero-order valence-electron chi connectivity index (χ0n) is 11.5. The summed E-state index contributed by atoms with van der Waals surface area (Å²) in [4.78, 5) is 0. The number of nitrogens with one attached hydrogen (secondary N) is 1. The highest BCUT2D eigenvalue weighted by Gasteiger charge is 2.41. The van der Waals surface area contributed by atoms with Crippen molar-refractivity contribution in [3.8, 4) is 6.07 Å². The molecule has 0 unspecified atom stereocenters. The molecule has 1 N–H and O–H groups in total. The van der Waals surface area contributed by atoms with Crippen molar-refractivity contribution in [1.29, 1.82) is 5.26 Å². The van der Waals surface area contributed by atoms with Crippen molar-refractivity contribution in [3.63, 3.8) is 0 Å². The van der Waals surface area contributed by atoms with E-state index in [4.69, 9.17) is 0 Å². The first kappa shape index (κ1) is 11.8. The lowest BCUT2D eigenvalue weighted by atomic mass is 10.0. The number of benzene rings is 2. The summed E-state index contributed by atoms with van der Waals surface area (Å²) in [6, 6.07) is 15.2. The molecule has 100 valence electrons. The molecular weight excluding hydrogens is 244 g/mol. The van der Waals surface area contributed by atoms with Crippen LogP contribution in [0.4, 0.5) is 5.69 Å². The second kappa shape index (κ2) is 4.52. The van der Waals surface area contributed by atoms with Gasteiger partial charge in [0.25, 0.3) is 0 Å². The largest absolute Gasteiger partial charge is 0.381 e. The fourth-order valence-electron chi connectivity index (χ4n) is 3.23. The van der Waals surface area contributed by atoms with Crippen LogP contribution >= 0.6 is 0 Å². The smallest absolute Gasteiger partial charge is 0.0998 e. The molecular formula is C18H18N2. The van der Waals surface area contributed by atoms with E-state index >= 15 is 0 Å². The average Bonchev–Trinajstić information content (AvgIpc) is 3.38. The quantitative estimate of drug-likeness (QED) is 0.891. The van der Waals surface area contributed by atoms with Gasteiger partial charge < -0.3 is 5.32 Å². The summed E-state index contributed by atoms with van der Waals surface area (Å²) in [5.74, 6) is 1.74. The summed E-state index contributed by atoms with van der Waals surface area (Å²) in [5.41, 5.74) is 1.96. The van der Waals surface area contributed by atoms with Crippen LogP contribution in [0.5, 0.6) is 0 Å². The summed E-state index contributed by atoms with van der Waals surface area (Å²) in [5, 5.41) is 15.3. The van der Waals surface area contributed by atoms with Gasteiger partial charge in [0.15, 0.2) is 0 Å². The molecule has 0 amide bonds. The first-order valence-electron chi connectivity index (χ1n) is 7.55. The second-order valence-corrected chi connectivity index (χ2v) is 6.16. The number of hydrogen-bond donors (Lipinski definition) is 1. The van der Waals surface area contributed by atoms with Gasteiger partial charge in [0, 0.05) is 22.5 Å². The number of nitriles is 1. The minimum absolute atomic E-state index is 0.645. The highest BCUT2D eigenvalue weighted by Crippen LogP contribution is 2.46. The van der Waals surface area contributed by atoms with Gasteiger partial charge in [0.05, 0.1) is 11.6 Å². The van der Waals surface area contributed by atoms with Crippen molar-refractivity contribution in [1.82, 2.24) is 0 Å². The first-order valence-corrected chi connectivity index (χ1v) is 7.55. The lowest BCUT2D eigenvalue weighted by molar-refractivity contribution is 0.568. The molecule has 2 fully saturated rings. The molecule has 0 heterocycles. The van der Waals surface area contributed by atoms with Crippen LogP contribution < -0.4 is 5.32 Å². The Labute approximate surface area is 119 Å². The van der Waals surface area contributed by atoms with E-state index in [0.29, 0.717) is 6.04 Å². The van der Waals surface area contributed by atoms with E-state index in [1.165, 1.54) is 36.8 Å². The van der Waals surface area contributed by atoms with Gasteiger partial charge in [-0.1, -0.05) is 24.3 Å². The molecule has 2 heteroatoms. The van der Waals surface area contributed by atoms with E-state index in [1.807, 2.05) is 18.2 Å². The lowest BCUT2D eigenvalue weighted by Crippen LogP contribution is -2.24. The summed E-state index contributed by atoms with van der Waals surface area (Å²) in [7, 11) is 0. The molecule has 0 radical (unpaired) electrons. The first-order chi connectivity index (χ1) is 9.86. The van der Waals surface area contributed by atoms with Crippen LogP contribution in [0, 0.1) is 23.2 Å². The van der Waals surface area contributed by atoms with Crippen LogP contribution in [0.15, 0.2) is 36.4 Å². The molecule has 0 bridgehead atoms. The maximum absolute atomic E-state index is 9.23. The van der Waals surface area contributed by atoms with Crippen LogP contribution in [0.3, 0.4) is 0 Å². The minimum atomic E-state index is 0.645. The lowest BCUT2D eigenvalue weighted by Gasteiger charge is -2.20. The fraction of sp³-hybridized carbons (Fsp3) is 0.389. The summed E-state index contributed by atoms with van der Waals surface area (Å²) >= 11 is 0. The number of fused-ring (bicyclic) bond motifs is 1. The summed E-state index contributed by atoms with van der Waals surface area (Å²) in [6.45, 7) is 0. The number of hydrogen-bond acceptors (Lipinski definition) is 2. The van der Waals surface area contributed by atoms with Crippen molar-refractivity contribution in [3.05, 3.63) is 42.0 Å². The molecule has 2 aliphatic carbocycles. The third-order valence-corrected chi connectivity index (χ3v) is 4.63. The molecule has 2 nitrogen and oxygen atoms in total. The van der Waals surface area contributed by atoms with E-state index in [1.54, 1.807) is 0 Å². The fourth-order valence-corrected chi connectivity index (χ4v) is 3.23. The Morgan fingerprint density at radius 3 is 2.20 bits per heavy atom. The molecule has 0 saturated heterocycles. The van der Waals surface area contributed by atoms with Gasteiger partial charge in [0.2, 0.25) is 0 Å². The van der Waals surface area contributed by atoms with Gasteiger partial charge in [-0.05, 0) is 49.7 Å². The third-order valence-electron chi connectivity index (χ3n) is 4.63. The van der Waals surface area contributed by atoms with Crippen molar-refractivity contribution >= 4 is 16.5 Å². The van der Waals surface area contributed by atoms with E-state index in [0.717, 1.165) is 22.8 Å². The van der Waals surface area contributed by atoms with Crippen molar-refractivity contribution in [2.45, 2.75) is 31.7 Å². The normalized spacial score (nSPS) is 18.2. The number of rotatable bonds is 4. The molecule has 0 aliphatic heterocycles. The maximum Gasteiger partial charge on any atom is 0.0998 e. The van der Waals surface area contributed by atoms with Crippen LogP contribution in [0.25, 0.3) is 10.8 Å². The monoisotopic (exact) mass is 262 g/mol. The molecule has 2 aliphatic rings. The maximum atomic E-state index is 9.23. The van der Waals surface area contributed by atoms with Gasteiger partial charge >= 0.3 is 0 Å². The molecule has 0 atom stereocenters. The van der Waals surface area contributed by atoms with Crippen molar-refractivity contribution < 1.29 is 0 Å². The SMILES string of the molecule is N#Cc1ccc(NC(C2CC2)C2CC2)c2ccccc12. The van der Waals surface area contributed by atoms with E-state index < -0.39 is 0 Å². The molecule has 0 spiro atoms.